The Hall–Kier alpha value is -1.02. The zero-order valence-electron chi connectivity index (χ0n) is 14.1. The molecule has 0 amide bonds. The van der Waals surface area contributed by atoms with Crippen molar-refractivity contribution in [2.45, 2.75) is 53.0 Å². The fraction of sp³-hybridized carbons (Fsp3) is 0.684. The molecule has 1 aromatic carbocycles. The first-order chi connectivity index (χ1) is 10.2. The zero-order chi connectivity index (χ0) is 15.1. The van der Waals surface area contributed by atoms with Gasteiger partial charge in [-0.25, -0.2) is 0 Å². The molecule has 0 radical (unpaired) electrons. The summed E-state index contributed by atoms with van der Waals surface area (Å²) in [6.07, 6.45) is 5.27. The third-order valence-corrected chi connectivity index (χ3v) is 4.85. The summed E-state index contributed by atoms with van der Waals surface area (Å²) in [6, 6.07) is 9.05. The van der Waals surface area contributed by atoms with E-state index in [9.17, 15) is 0 Å². The molecule has 1 aromatic rings. The monoisotopic (exact) mass is 288 g/mol. The normalized spacial score (nSPS) is 19.9. The van der Waals surface area contributed by atoms with E-state index in [1.54, 1.807) is 0 Å². The summed E-state index contributed by atoms with van der Waals surface area (Å²) >= 11 is 0. The second-order valence-electron chi connectivity index (χ2n) is 6.74. The van der Waals surface area contributed by atoms with E-state index in [0.717, 1.165) is 24.9 Å². The molecule has 1 aliphatic heterocycles. The number of rotatable bonds is 7. The minimum Gasteiger partial charge on any atom is -0.385 e. The number of piperidine rings is 1. The molecule has 1 atom stereocenters. The highest BCUT2D eigenvalue weighted by atomic mass is 15.1. The van der Waals surface area contributed by atoms with Crippen LogP contribution in [0.5, 0.6) is 0 Å². The lowest BCUT2D eigenvalue weighted by atomic mass is 10.00. The van der Waals surface area contributed by atoms with Crippen LogP contribution in [0.1, 0.15) is 52.0 Å². The number of anilines is 1. The standard InChI is InChI=1S/C19H32N2/c1-4-17(5-2)13-20-19-10-8-18(9-11-19)15-21-12-6-7-16(3)14-21/h8-11,16-17,20H,4-7,12-15H2,1-3H3. The highest BCUT2D eigenvalue weighted by Gasteiger charge is 2.16. The molecule has 1 N–H and O–H groups in total. The molecular formula is C19H32N2. The first kappa shape index (κ1) is 16.4. The van der Waals surface area contributed by atoms with Crippen LogP contribution in [-0.4, -0.2) is 24.5 Å². The molecule has 21 heavy (non-hydrogen) atoms. The molecule has 1 fully saturated rings. The van der Waals surface area contributed by atoms with Crippen LogP contribution >= 0.6 is 0 Å². The predicted molar refractivity (Wildman–Crippen MR) is 92.7 cm³/mol. The molecule has 1 unspecified atom stereocenters. The highest BCUT2D eigenvalue weighted by molar-refractivity contribution is 5.44. The summed E-state index contributed by atoms with van der Waals surface area (Å²) in [5.41, 5.74) is 2.70. The van der Waals surface area contributed by atoms with Gasteiger partial charge in [-0.3, -0.25) is 4.90 Å². The molecule has 2 heteroatoms. The average Bonchev–Trinajstić information content (AvgIpc) is 2.50. The van der Waals surface area contributed by atoms with Gasteiger partial charge in [-0.1, -0.05) is 45.7 Å². The van der Waals surface area contributed by atoms with E-state index in [-0.39, 0.29) is 0 Å². The predicted octanol–water partition coefficient (Wildman–Crippen LogP) is 4.77. The number of hydrogen-bond donors (Lipinski definition) is 1. The molecule has 1 saturated heterocycles. The van der Waals surface area contributed by atoms with Crippen molar-refractivity contribution in [3.05, 3.63) is 29.8 Å². The molecule has 0 bridgehead atoms. The third kappa shape index (κ3) is 5.35. The average molecular weight is 288 g/mol. The van der Waals surface area contributed by atoms with E-state index in [0.29, 0.717) is 0 Å². The Morgan fingerprint density at radius 3 is 2.52 bits per heavy atom. The van der Waals surface area contributed by atoms with Crippen LogP contribution in [0.3, 0.4) is 0 Å². The molecule has 0 aromatic heterocycles. The van der Waals surface area contributed by atoms with Gasteiger partial charge in [0.25, 0.3) is 0 Å². The van der Waals surface area contributed by atoms with Crippen LogP contribution in [0.4, 0.5) is 5.69 Å². The quantitative estimate of drug-likeness (QED) is 0.777. The summed E-state index contributed by atoms with van der Waals surface area (Å²) in [5, 5.41) is 3.57. The van der Waals surface area contributed by atoms with Crippen molar-refractivity contribution in [1.82, 2.24) is 4.90 Å². The molecule has 0 spiro atoms. The van der Waals surface area contributed by atoms with Gasteiger partial charge in [-0.05, 0) is 48.9 Å². The molecule has 0 saturated carbocycles. The number of nitrogens with zero attached hydrogens (tertiary/aromatic N) is 1. The SMILES string of the molecule is CCC(CC)CNc1ccc(CN2CCCC(C)C2)cc1. The molecular weight excluding hydrogens is 256 g/mol. The van der Waals surface area contributed by atoms with Crippen molar-refractivity contribution in [3.63, 3.8) is 0 Å². The van der Waals surface area contributed by atoms with E-state index in [2.05, 4.69) is 55.3 Å². The maximum atomic E-state index is 3.57. The van der Waals surface area contributed by atoms with Crippen molar-refractivity contribution in [2.75, 3.05) is 25.0 Å². The first-order valence-electron chi connectivity index (χ1n) is 8.76. The lowest BCUT2D eigenvalue weighted by Gasteiger charge is -2.30. The fourth-order valence-corrected chi connectivity index (χ4v) is 3.26. The van der Waals surface area contributed by atoms with E-state index in [1.807, 2.05) is 0 Å². The molecule has 1 heterocycles. The maximum absolute atomic E-state index is 3.57. The molecule has 0 aliphatic carbocycles. The summed E-state index contributed by atoms with van der Waals surface area (Å²) in [7, 11) is 0. The Morgan fingerprint density at radius 1 is 1.19 bits per heavy atom. The van der Waals surface area contributed by atoms with E-state index < -0.39 is 0 Å². The second-order valence-corrected chi connectivity index (χ2v) is 6.74. The largest absolute Gasteiger partial charge is 0.385 e. The number of nitrogens with one attached hydrogen (secondary N) is 1. The van der Waals surface area contributed by atoms with Gasteiger partial charge in [0.05, 0.1) is 0 Å². The van der Waals surface area contributed by atoms with Crippen LogP contribution < -0.4 is 5.32 Å². The second kappa shape index (κ2) is 8.43. The van der Waals surface area contributed by atoms with Crippen molar-refractivity contribution in [1.29, 1.82) is 0 Å². The maximum Gasteiger partial charge on any atom is 0.0340 e. The van der Waals surface area contributed by atoms with Crippen molar-refractivity contribution >= 4 is 5.69 Å². The summed E-state index contributed by atoms with van der Waals surface area (Å²) in [5.74, 6) is 1.65. The van der Waals surface area contributed by atoms with Crippen LogP contribution in [0.2, 0.25) is 0 Å². The van der Waals surface area contributed by atoms with Gasteiger partial charge in [0.15, 0.2) is 0 Å². The van der Waals surface area contributed by atoms with Crippen LogP contribution in [-0.2, 0) is 6.54 Å². The Labute approximate surface area is 130 Å². The summed E-state index contributed by atoms with van der Waals surface area (Å²) in [4.78, 5) is 2.60. The molecule has 118 valence electrons. The first-order valence-corrected chi connectivity index (χ1v) is 8.76. The van der Waals surface area contributed by atoms with Gasteiger partial charge in [0.2, 0.25) is 0 Å². The van der Waals surface area contributed by atoms with Crippen LogP contribution in [0, 0.1) is 11.8 Å². The van der Waals surface area contributed by atoms with Crippen LogP contribution in [0.15, 0.2) is 24.3 Å². The van der Waals surface area contributed by atoms with Crippen molar-refractivity contribution in [3.8, 4) is 0 Å². The molecule has 2 nitrogen and oxygen atoms in total. The Balaban J connectivity index is 1.81. The number of benzene rings is 1. The van der Waals surface area contributed by atoms with Crippen molar-refractivity contribution < 1.29 is 0 Å². The lowest BCUT2D eigenvalue weighted by Crippen LogP contribution is -2.33. The topological polar surface area (TPSA) is 15.3 Å². The van der Waals surface area contributed by atoms with Gasteiger partial charge < -0.3 is 5.32 Å². The van der Waals surface area contributed by atoms with Gasteiger partial charge in [-0.2, -0.15) is 0 Å². The molecule has 2 rings (SSSR count). The number of likely N-dealkylation sites (tertiary alicyclic amines) is 1. The number of hydrogen-bond acceptors (Lipinski definition) is 2. The van der Waals surface area contributed by atoms with Gasteiger partial charge in [0.1, 0.15) is 0 Å². The molecule has 1 aliphatic rings. The Kier molecular flexibility index (Phi) is 6.56. The Bertz CT molecular complexity index is 395. The van der Waals surface area contributed by atoms with E-state index >= 15 is 0 Å². The van der Waals surface area contributed by atoms with Gasteiger partial charge in [0, 0.05) is 25.3 Å². The minimum absolute atomic E-state index is 0.791. The minimum atomic E-state index is 0.791. The van der Waals surface area contributed by atoms with Crippen LogP contribution in [0.25, 0.3) is 0 Å². The Morgan fingerprint density at radius 2 is 1.90 bits per heavy atom. The van der Waals surface area contributed by atoms with Crippen molar-refractivity contribution in [2.24, 2.45) is 11.8 Å². The smallest absolute Gasteiger partial charge is 0.0340 e. The van der Waals surface area contributed by atoms with E-state index in [4.69, 9.17) is 0 Å². The summed E-state index contributed by atoms with van der Waals surface area (Å²) < 4.78 is 0. The third-order valence-electron chi connectivity index (χ3n) is 4.85. The zero-order valence-corrected chi connectivity index (χ0v) is 14.1. The fourth-order valence-electron chi connectivity index (χ4n) is 3.26. The lowest BCUT2D eigenvalue weighted by molar-refractivity contribution is 0.176. The van der Waals surface area contributed by atoms with Gasteiger partial charge in [-0.15, -0.1) is 0 Å². The van der Waals surface area contributed by atoms with E-state index in [1.165, 1.54) is 50.0 Å². The highest BCUT2D eigenvalue weighted by Crippen LogP contribution is 2.19. The van der Waals surface area contributed by atoms with Gasteiger partial charge >= 0.3 is 0 Å². The summed E-state index contributed by atoms with van der Waals surface area (Å²) in [6.45, 7) is 11.6.